The van der Waals surface area contributed by atoms with Gasteiger partial charge in [0.2, 0.25) is 0 Å². The number of hydrogen-bond donors (Lipinski definition) is 1. The maximum Gasteiger partial charge on any atom is 0.0847 e. The van der Waals surface area contributed by atoms with Gasteiger partial charge in [0.1, 0.15) is 0 Å². The van der Waals surface area contributed by atoms with Crippen molar-refractivity contribution in [2.45, 2.75) is 78.4 Å². The zero-order chi connectivity index (χ0) is 14.3. The number of hydrogen-bond acceptors (Lipinski definition) is 2. The van der Waals surface area contributed by atoms with Crippen LogP contribution in [0.2, 0.25) is 0 Å². The summed E-state index contributed by atoms with van der Waals surface area (Å²) in [5.74, 6) is 1.22. The second-order valence-electron chi connectivity index (χ2n) is 8.40. The quantitative estimate of drug-likeness (QED) is 0.775. The Morgan fingerprint density at radius 3 is 2.42 bits per heavy atom. The largest absolute Gasteiger partial charge is 0.366 e. The molecule has 2 heteroatoms. The highest BCUT2D eigenvalue weighted by atomic mass is 16.5. The molecule has 1 saturated heterocycles. The van der Waals surface area contributed by atoms with Crippen molar-refractivity contribution in [3.8, 4) is 0 Å². The molecule has 0 amide bonds. The van der Waals surface area contributed by atoms with Crippen molar-refractivity contribution in [1.82, 2.24) is 5.32 Å². The van der Waals surface area contributed by atoms with Crippen LogP contribution in [0.5, 0.6) is 0 Å². The van der Waals surface area contributed by atoms with Crippen LogP contribution >= 0.6 is 0 Å². The Hall–Kier alpha value is -0.0800. The van der Waals surface area contributed by atoms with Gasteiger partial charge < -0.3 is 10.1 Å². The summed E-state index contributed by atoms with van der Waals surface area (Å²) in [4.78, 5) is 0. The first kappa shape index (κ1) is 15.3. The third kappa shape index (κ3) is 2.85. The molecular weight excluding hydrogens is 234 g/mol. The first-order valence-electron chi connectivity index (χ1n) is 8.10. The van der Waals surface area contributed by atoms with Gasteiger partial charge in [0.15, 0.2) is 0 Å². The average Bonchev–Trinajstić information content (AvgIpc) is 2.27. The number of rotatable bonds is 1. The molecule has 112 valence electrons. The summed E-state index contributed by atoms with van der Waals surface area (Å²) in [5, 5.41) is 3.69. The summed E-state index contributed by atoms with van der Waals surface area (Å²) in [7, 11) is 0. The molecule has 1 aliphatic carbocycles. The predicted octanol–water partition coefficient (Wildman–Crippen LogP) is 4.00. The van der Waals surface area contributed by atoms with Crippen LogP contribution in [0.25, 0.3) is 0 Å². The zero-order valence-electron chi connectivity index (χ0n) is 13.8. The number of nitrogens with one attached hydrogen (secondary N) is 1. The summed E-state index contributed by atoms with van der Waals surface area (Å²) in [6.07, 6.45) is 5.23. The van der Waals surface area contributed by atoms with E-state index in [-0.39, 0.29) is 11.2 Å². The Balaban J connectivity index is 2.28. The van der Waals surface area contributed by atoms with Crippen LogP contribution in [-0.2, 0) is 4.74 Å². The van der Waals surface area contributed by atoms with E-state index in [1.54, 1.807) is 0 Å². The minimum Gasteiger partial charge on any atom is -0.366 e. The Morgan fingerprint density at radius 2 is 1.84 bits per heavy atom. The highest BCUT2D eigenvalue weighted by molar-refractivity contribution is 5.04. The molecule has 2 fully saturated rings. The van der Waals surface area contributed by atoms with Gasteiger partial charge in [-0.3, -0.25) is 0 Å². The molecule has 1 N–H and O–H groups in total. The maximum absolute atomic E-state index is 6.84. The predicted molar refractivity (Wildman–Crippen MR) is 81.3 cm³/mol. The number of ether oxygens (including phenoxy) is 1. The molecule has 1 spiro atoms. The molecule has 1 aliphatic heterocycles. The number of morpholine rings is 1. The van der Waals surface area contributed by atoms with Crippen LogP contribution in [0.3, 0.4) is 0 Å². The van der Waals surface area contributed by atoms with Crippen molar-refractivity contribution in [3.05, 3.63) is 0 Å². The van der Waals surface area contributed by atoms with Gasteiger partial charge in [-0.2, -0.15) is 0 Å². The van der Waals surface area contributed by atoms with Gasteiger partial charge in [-0.05, 0) is 37.0 Å². The molecule has 0 aromatic carbocycles. The lowest BCUT2D eigenvalue weighted by molar-refractivity contribution is -0.236. The van der Waals surface area contributed by atoms with Gasteiger partial charge in [0.05, 0.1) is 11.2 Å². The van der Waals surface area contributed by atoms with Crippen molar-refractivity contribution < 1.29 is 4.74 Å². The molecule has 3 unspecified atom stereocenters. The van der Waals surface area contributed by atoms with Crippen molar-refractivity contribution in [2.24, 2.45) is 17.3 Å². The Labute approximate surface area is 119 Å². The highest BCUT2D eigenvalue weighted by Crippen LogP contribution is 2.49. The smallest absolute Gasteiger partial charge is 0.0847 e. The molecule has 0 bridgehead atoms. The molecular formula is C17H33NO. The Morgan fingerprint density at radius 1 is 1.16 bits per heavy atom. The topological polar surface area (TPSA) is 21.3 Å². The van der Waals surface area contributed by atoms with Gasteiger partial charge in [-0.25, -0.2) is 0 Å². The summed E-state index contributed by atoms with van der Waals surface area (Å²) < 4.78 is 6.84. The van der Waals surface area contributed by atoms with Crippen molar-refractivity contribution in [3.63, 3.8) is 0 Å². The fourth-order valence-electron chi connectivity index (χ4n) is 4.15. The normalized spacial score (nSPS) is 40.9. The minimum atomic E-state index is -0.0148. The van der Waals surface area contributed by atoms with E-state index in [2.05, 4.69) is 46.9 Å². The molecule has 0 aromatic rings. The van der Waals surface area contributed by atoms with Crippen LogP contribution in [-0.4, -0.2) is 24.3 Å². The van der Waals surface area contributed by atoms with Crippen LogP contribution in [0, 0.1) is 17.3 Å². The maximum atomic E-state index is 6.84. The van der Waals surface area contributed by atoms with Gasteiger partial charge in [0.25, 0.3) is 0 Å². The first-order valence-corrected chi connectivity index (χ1v) is 8.10. The van der Waals surface area contributed by atoms with E-state index >= 15 is 0 Å². The molecule has 0 radical (unpaired) electrons. The lowest BCUT2D eigenvalue weighted by Gasteiger charge is -2.57. The van der Waals surface area contributed by atoms with Crippen LogP contribution in [0.1, 0.15) is 67.2 Å². The standard InChI is InChI=1S/C17H33NO/c1-13(2)16(6)11-18-12-17(19-16)10-8-7-9-14(17)15(3,4)5/h13-14,18H,7-12H2,1-6H3. The molecule has 2 aliphatic rings. The summed E-state index contributed by atoms with van der Waals surface area (Å²) in [5.41, 5.74) is 0.379. The molecule has 2 rings (SSSR count). The van der Waals surface area contributed by atoms with E-state index in [0.717, 1.165) is 13.1 Å². The SMILES string of the molecule is CC(C)C1(C)CNCC2(CCCCC2C(C)(C)C)O1. The van der Waals surface area contributed by atoms with E-state index in [4.69, 9.17) is 4.74 Å². The zero-order valence-corrected chi connectivity index (χ0v) is 13.8. The summed E-state index contributed by atoms with van der Waals surface area (Å²) in [6.45, 7) is 16.0. The molecule has 3 atom stereocenters. The van der Waals surface area contributed by atoms with E-state index < -0.39 is 0 Å². The van der Waals surface area contributed by atoms with Gasteiger partial charge >= 0.3 is 0 Å². The van der Waals surface area contributed by atoms with Crippen LogP contribution in [0.4, 0.5) is 0 Å². The van der Waals surface area contributed by atoms with Crippen LogP contribution in [0.15, 0.2) is 0 Å². The fraction of sp³-hybridized carbons (Fsp3) is 1.00. The summed E-state index contributed by atoms with van der Waals surface area (Å²) in [6, 6.07) is 0. The second-order valence-corrected chi connectivity index (χ2v) is 8.40. The average molecular weight is 267 g/mol. The lowest BCUT2D eigenvalue weighted by Crippen LogP contribution is -2.66. The Kier molecular flexibility index (Phi) is 4.06. The van der Waals surface area contributed by atoms with Crippen LogP contribution < -0.4 is 5.32 Å². The van der Waals surface area contributed by atoms with Gasteiger partial charge in [0, 0.05) is 13.1 Å². The first-order chi connectivity index (χ1) is 8.70. The van der Waals surface area contributed by atoms with Gasteiger partial charge in [-0.1, -0.05) is 47.5 Å². The third-order valence-electron chi connectivity index (χ3n) is 5.58. The Bertz CT molecular complexity index is 316. The van der Waals surface area contributed by atoms with Crippen molar-refractivity contribution in [2.75, 3.05) is 13.1 Å². The summed E-state index contributed by atoms with van der Waals surface area (Å²) >= 11 is 0. The molecule has 2 nitrogen and oxygen atoms in total. The third-order valence-corrected chi connectivity index (χ3v) is 5.58. The molecule has 1 saturated carbocycles. The molecule has 19 heavy (non-hydrogen) atoms. The van der Waals surface area contributed by atoms with Gasteiger partial charge in [-0.15, -0.1) is 0 Å². The fourth-order valence-corrected chi connectivity index (χ4v) is 4.15. The molecule has 0 aromatic heterocycles. The highest BCUT2D eigenvalue weighted by Gasteiger charge is 2.52. The van der Waals surface area contributed by atoms with E-state index in [1.807, 2.05) is 0 Å². The van der Waals surface area contributed by atoms with E-state index in [0.29, 0.717) is 17.3 Å². The second kappa shape index (κ2) is 5.04. The van der Waals surface area contributed by atoms with Crippen molar-refractivity contribution in [1.29, 1.82) is 0 Å². The lowest BCUT2D eigenvalue weighted by atomic mass is 9.62. The minimum absolute atomic E-state index is 0.0148. The monoisotopic (exact) mass is 267 g/mol. The van der Waals surface area contributed by atoms with E-state index in [1.165, 1.54) is 25.7 Å². The van der Waals surface area contributed by atoms with Crippen molar-refractivity contribution >= 4 is 0 Å². The van der Waals surface area contributed by atoms with E-state index in [9.17, 15) is 0 Å². The molecule has 1 heterocycles.